The summed E-state index contributed by atoms with van der Waals surface area (Å²) >= 11 is 0. The van der Waals surface area contributed by atoms with Crippen LogP contribution in [0.15, 0.2) is 12.4 Å². The molecule has 72 valence electrons. The minimum absolute atomic E-state index is 0.323. The zero-order chi connectivity index (χ0) is 9.68. The molecule has 0 aliphatic heterocycles. The second-order valence-electron chi connectivity index (χ2n) is 3.10. The van der Waals surface area contributed by atoms with Gasteiger partial charge in [-0.15, -0.1) is 0 Å². The van der Waals surface area contributed by atoms with Crippen LogP contribution in [0.3, 0.4) is 0 Å². The van der Waals surface area contributed by atoms with Gasteiger partial charge >= 0.3 is 0 Å². The molecule has 1 rings (SSSR count). The van der Waals surface area contributed by atoms with Crippen molar-refractivity contribution in [1.29, 1.82) is 0 Å². The van der Waals surface area contributed by atoms with Crippen molar-refractivity contribution in [3.8, 4) is 0 Å². The molecule has 0 radical (unpaired) electrons. The number of carbonyl (C=O) groups excluding carboxylic acids is 1. The highest BCUT2D eigenvalue weighted by Crippen LogP contribution is 2.03. The van der Waals surface area contributed by atoms with Gasteiger partial charge in [0, 0.05) is 25.6 Å². The second kappa shape index (κ2) is 4.80. The molecule has 0 N–H and O–H groups in total. The van der Waals surface area contributed by atoms with E-state index in [9.17, 15) is 4.79 Å². The number of rotatable bonds is 5. The molecular formula is C10H16N2O. The van der Waals surface area contributed by atoms with Gasteiger partial charge in [0.2, 0.25) is 0 Å². The molecule has 0 bridgehead atoms. The van der Waals surface area contributed by atoms with Crippen molar-refractivity contribution >= 4 is 5.78 Å². The summed E-state index contributed by atoms with van der Waals surface area (Å²) < 4.78 is 1.88. The average molecular weight is 180 g/mol. The zero-order valence-corrected chi connectivity index (χ0v) is 8.29. The monoisotopic (exact) mass is 180 g/mol. The van der Waals surface area contributed by atoms with Crippen molar-refractivity contribution in [3.63, 3.8) is 0 Å². The second-order valence-corrected chi connectivity index (χ2v) is 3.10. The molecule has 0 unspecified atom stereocenters. The van der Waals surface area contributed by atoms with Crippen molar-refractivity contribution in [2.45, 2.75) is 39.7 Å². The van der Waals surface area contributed by atoms with Crippen LogP contribution in [0.25, 0.3) is 0 Å². The van der Waals surface area contributed by atoms with Gasteiger partial charge in [0.25, 0.3) is 0 Å². The van der Waals surface area contributed by atoms with Crippen LogP contribution in [-0.4, -0.2) is 15.6 Å². The molecule has 0 spiro atoms. The number of carbonyl (C=O) groups is 1. The van der Waals surface area contributed by atoms with Gasteiger partial charge in [-0.1, -0.05) is 6.92 Å². The first-order valence-electron chi connectivity index (χ1n) is 4.79. The normalized spacial score (nSPS) is 10.3. The van der Waals surface area contributed by atoms with E-state index in [1.807, 2.05) is 30.9 Å². The van der Waals surface area contributed by atoms with Gasteiger partial charge in [0.1, 0.15) is 5.78 Å². The Morgan fingerprint density at radius 2 is 2.31 bits per heavy atom. The van der Waals surface area contributed by atoms with Gasteiger partial charge in [-0.3, -0.25) is 9.48 Å². The first-order chi connectivity index (χ1) is 6.26. The van der Waals surface area contributed by atoms with E-state index >= 15 is 0 Å². The van der Waals surface area contributed by atoms with Crippen molar-refractivity contribution in [3.05, 3.63) is 18.0 Å². The van der Waals surface area contributed by atoms with E-state index in [2.05, 4.69) is 5.10 Å². The average Bonchev–Trinajstić information content (AvgIpc) is 2.61. The Bertz CT molecular complexity index is 278. The summed E-state index contributed by atoms with van der Waals surface area (Å²) in [7, 11) is 0. The fourth-order valence-corrected chi connectivity index (χ4v) is 1.17. The molecule has 1 aromatic rings. The molecule has 0 amide bonds. The minimum atomic E-state index is 0.323. The van der Waals surface area contributed by atoms with Gasteiger partial charge in [-0.05, 0) is 18.9 Å². The standard InChI is InChI=1S/C10H16N2O/c1-3-10(13)6-5-9-7-11-12(4-2)8-9/h7-8H,3-6H2,1-2H3. The fraction of sp³-hybridized carbons (Fsp3) is 0.600. The number of Topliss-reactive ketones (excluding diaryl/α,β-unsaturated/α-hetero) is 1. The minimum Gasteiger partial charge on any atom is -0.300 e. The van der Waals surface area contributed by atoms with E-state index in [0.717, 1.165) is 18.5 Å². The van der Waals surface area contributed by atoms with Crippen molar-refractivity contribution in [1.82, 2.24) is 9.78 Å². The molecule has 0 atom stereocenters. The summed E-state index contributed by atoms with van der Waals surface area (Å²) in [6.07, 6.45) is 5.95. The summed E-state index contributed by atoms with van der Waals surface area (Å²) in [6.45, 7) is 4.84. The maximum Gasteiger partial charge on any atom is 0.132 e. The van der Waals surface area contributed by atoms with Crippen LogP contribution in [-0.2, 0) is 17.8 Å². The zero-order valence-electron chi connectivity index (χ0n) is 8.29. The van der Waals surface area contributed by atoms with E-state index in [1.165, 1.54) is 0 Å². The lowest BCUT2D eigenvalue weighted by atomic mass is 10.1. The van der Waals surface area contributed by atoms with Gasteiger partial charge in [-0.2, -0.15) is 5.10 Å². The van der Waals surface area contributed by atoms with Crippen molar-refractivity contribution in [2.24, 2.45) is 0 Å². The van der Waals surface area contributed by atoms with Crippen molar-refractivity contribution < 1.29 is 4.79 Å². The summed E-state index contributed by atoms with van der Waals surface area (Å²) in [4.78, 5) is 11.0. The molecule has 13 heavy (non-hydrogen) atoms. The molecule has 0 saturated carbocycles. The third-order valence-corrected chi connectivity index (χ3v) is 2.10. The molecule has 3 nitrogen and oxygen atoms in total. The lowest BCUT2D eigenvalue weighted by Crippen LogP contribution is -1.97. The summed E-state index contributed by atoms with van der Waals surface area (Å²) in [5.41, 5.74) is 1.16. The number of hydrogen-bond acceptors (Lipinski definition) is 2. The van der Waals surface area contributed by atoms with Crippen LogP contribution < -0.4 is 0 Å². The van der Waals surface area contributed by atoms with Crippen LogP contribution in [0, 0.1) is 0 Å². The Morgan fingerprint density at radius 3 is 2.85 bits per heavy atom. The highest BCUT2D eigenvalue weighted by Gasteiger charge is 2.01. The molecule has 0 saturated heterocycles. The Labute approximate surface area is 78.8 Å². The topological polar surface area (TPSA) is 34.9 Å². The summed E-state index contributed by atoms with van der Waals surface area (Å²) in [5.74, 6) is 0.323. The molecule has 0 aliphatic carbocycles. The van der Waals surface area contributed by atoms with Crippen molar-refractivity contribution in [2.75, 3.05) is 0 Å². The van der Waals surface area contributed by atoms with Crippen LogP contribution in [0.4, 0.5) is 0 Å². The SMILES string of the molecule is CCC(=O)CCc1cnn(CC)c1. The first kappa shape index (κ1) is 9.96. The predicted molar refractivity (Wildman–Crippen MR) is 51.5 cm³/mol. The maximum absolute atomic E-state index is 11.0. The van der Waals surface area contributed by atoms with Gasteiger partial charge in [-0.25, -0.2) is 0 Å². The Kier molecular flexibility index (Phi) is 3.68. The van der Waals surface area contributed by atoms with E-state index in [4.69, 9.17) is 0 Å². The Morgan fingerprint density at radius 1 is 1.54 bits per heavy atom. The van der Waals surface area contributed by atoms with E-state index in [1.54, 1.807) is 0 Å². The number of ketones is 1. The number of aryl methyl sites for hydroxylation is 2. The number of nitrogens with zero attached hydrogens (tertiary/aromatic N) is 2. The Balaban J connectivity index is 2.41. The molecule has 1 aromatic heterocycles. The number of aromatic nitrogens is 2. The molecule has 0 fully saturated rings. The molecule has 3 heteroatoms. The predicted octanol–water partition coefficient (Wildman–Crippen LogP) is 1.81. The summed E-state index contributed by atoms with van der Waals surface area (Å²) in [6, 6.07) is 0. The van der Waals surface area contributed by atoms with E-state index in [0.29, 0.717) is 18.6 Å². The van der Waals surface area contributed by atoms with Gasteiger partial charge < -0.3 is 0 Å². The lowest BCUT2D eigenvalue weighted by molar-refractivity contribution is -0.118. The number of hydrogen-bond donors (Lipinski definition) is 0. The smallest absolute Gasteiger partial charge is 0.132 e. The fourth-order valence-electron chi connectivity index (χ4n) is 1.17. The molecule has 0 aromatic carbocycles. The highest BCUT2D eigenvalue weighted by atomic mass is 16.1. The van der Waals surface area contributed by atoms with E-state index in [-0.39, 0.29) is 0 Å². The molecule has 0 aliphatic rings. The lowest BCUT2D eigenvalue weighted by Gasteiger charge is -1.94. The first-order valence-corrected chi connectivity index (χ1v) is 4.79. The van der Waals surface area contributed by atoms with E-state index < -0.39 is 0 Å². The van der Waals surface area contributed by atoms with Crippen LogP contribution in [0.2, 0.25) is 0 Å². The van der Waals surface area contributed by atoms with Crippen LogP contribution in [0.1, 0.15) is 32.3 Å². The van der Waals surface area contributed by atoms with Crippen LogP contribution in [0.5, 0.6) is 0 Å². The maximum atomic E-state index is 11.0. The third-order valence-electron chi connectivity index (χ3n) is 2.10. The summed E-state index contributed by atoms with van der Waals surface area (Å²) in [5, 5.41) is 4.14. The largest absolute Gasteiger partial charge is 0.300 e. The van der Waals surface area contributed by atoms with Gasteiger partial charge in [0.05, 0.1) is 6.20 Å². The van der Waals surface area contributed by atoms with Gasteiger partial charge in [0.15, 0.2) is 0 Å². The highest BCUT2D eigenvalue weighted by molar-refractivity contribution is 5.78. The molecule has 1 heterocycles. The third kappa shape index (κ3) is 3.01. The molecular weight excluding hydrogens is 164 g/mol. The van der Waals surface area contributed by atoms with Crippen LogP contribution >= 0.6 is 0 Å². The quantitative estimate of drug-likeness (QED) is 0.692. The Hall–Kier alpha value is -1.12.